The Kier molecular flexibility index (Phi) is 7.35. The summed E-state index contributed by atoms with van der Waals surface area (Å²) in [7, 11) is 0. The van der Waals surface area contributed by atoms with Gasteiger partial charge in [-0.15, -0.1) is 0 Å². The number of para-hydroxylation sites is 1. The number of halogens is 1. The zero-order chi connectivity index (χ0) is 18.2. The minimum absolute atomic E-state index is 0.665. The maximum absolute atomic E-state index is 6.26. The largest absolute Gasteiger partial charge is 0.467 e. The number of quaternary nitrogens is 1. The molecule has 2 aromatic rings. The summed E-state index contributed by atoms with van der Waals surface area (Å²) in [6.07, 6.45) is 6.92. The van der Waals surface area contributed by atoms with Crippen molar-refractivity contribution in [3.8, 4) is 0 Å². The number of nitrogens with one attached hydrogen (secondary N) is 2. The third-order valence-corrected chi connectivity index (χ3v) is 5.54. The van der Waals surface area contributed by atoms with Gasteiger partial charge in [0, 0.05) is 13.0 Å². The third-order valence-electron chi connectivity index (χ3n) is 4.85. The molecule has 26 heavy (non-hydrogen) atoms. The Morgan fingerprint density at radius 1 is 1.15 bits per heavy atom. The second-order valence-corrected chi connectivity index (χ2v) is 7.62. The van der Waals surface area contributed by atoms with E-state index in [2.05, 4.69) is 10.2 Å². The molecule has 4 nitrogen and oxygen atoms in total. The molecule has 0 radical (unpaired) electrons. The molecule has 0 amide bonds. The number of hydrogen-bond donors (Lipinski definition) is 2. The summed E-state index contributed by atoms with van der Waals surface area (Å²) in [5.41, 5.74) is 0.838. The van der Waals surface area contributed by atoms with E-state index in [1.807, 2.05) is 36.4 Å². The van der Waals surface area contributed by atoms with Crippen molar-refractivity contribution >= 4 is 34.6 Å². The van der Waals surface area contributed by atoms with E-state index in [0.29, 0.717) is 16.7 Å². The van der Waals surface area contributed by atoms with E-state index >= 15 is 0 Å². The van der Waals surface area contributed by atoms with Crippen molar-refractivity contribution < 1.29 is 9.32 Å². The number of benzene rings is 1. The smallest absolute Gasteiger partial charge is 0.173 e. The Morgan fingerprint density at radius 2 is 1.96 bits per heavy atom. The Balaban J connectivity index is 1.58. The lowest BCUT2D eigenvalue weighted by molar-refractivity contribution is -0.905. The molecule has 0 spiro atoms. The highest BCUT2D eigenvalue weighted by molar-refractivity contribution is 7.80. The van der Waals surface area contributed by atoms with Crippen LogP contribution in [0.5, 0.6) is 0 Å². The summed E-state index contributed by atoms with van der Waals surface area (Å²) in [4.78, 5) is 3.89. The molecule has 0 atom stereocenters. The number of rotatable bonds is 7. The van der Waals surface area contributed by atoms with Gasteiger partial charge < -0.3 is 19.5 Å². The molecule has 1 aromatic heterocycles. The normalized spacial score (nSPS) is 15.0. The fourth-order valence-corrected chi connectivity index (χ4v) is 3.87. The van der Waals surface area contributed by atoms with Gasteiger partial charge in [-0.25, -0.2) is 0 Å². The molecular formula is C20H27ClN3OS+. The molecule has 140 valence electrons. The van der Waals surface area contributed by atoms with Crippen LogP contribution in [-0.2, 0) is 6.54 Å². The number of anilines is 1. The number of piperidine rings is 1. The highest BCUT2D eigenvalue weighted by atomic mass is 35.5. The number of hydrogen-bond acceptors (Lipinski definition) is 2. The van der Waals surface area contributed by atoms with Crippen LogP contribution < -0.4 is 10.2 Å². The summed E-state index contributed by atoms with van der Waals surface area (Å²) in [6, 6.07) is 11.6. The van der Waals surface area contributed by atoms with Crippen molar-refractivity contribution in [1.29, 1.82) is 0 Å². The monoisotopic (exact) mass is 392 g/mol. The predicted octanol–water partition coefficient (Wildman–Crippen LogP) is 3.59. The van der Waals surface area contributed by atoms with Crippen LogP contribution in [0.3, 0.4) is 0 Å². The van der Waals surface area contributed by atoms with Crippen molar-refractivity contribution in [2.45, 2.75) is 32.2 Å². The maximum atomic E-state index is 6.26. The van der Waals surface area contributed by atoms with Gasteiger partial charge in [0.15, 0.2) is 5.11 Å². The van der Waals surface area contributed by atoms with Gasteiger partial charge in [-0.2, -0.15) is 0 Å². The van der Waals surface area contributed by atoms with Crippen LogP contribution >= 0.6 is 23.8 Å². The van der Waals surface area contributed by atoms with E-state index in [4.69, 9.17) is 28.2 Å². The first-order valence-electron chi connectivity index (χ1n) is 9.39. The molecule has 1 saturated heterocycles. The molecule has 2 N–H and O–H groups in total. The molecule has 1 fully saturated rings. The molecular weight excluding hydrogens is 366 g/mol. The lowest BCUT2D eigenvalue weighted by atomic mass is 10.1. The summed E-state index contributed by atoms with van der Waals surface area (Å²) in [5.74, 6) is 0.915. The molecule has 1 aliphatic heterocycles. The van der Waals surface area contributed by atoms with Crippen molar-refractivity contribution in [3.63, 3.8) is 0 Å². The lowest BCUT2D eigenvalue weighted by Gasteiger charge is -2.27. The minimum Gasteiger partial charge on any atom is -0.467 e. The zero-order valence-corrected chi connectivity index (χ0v) is 16.6. The predicted molar refractivity (Wildman–Crippen MR) is 111 cm³/mol. The zero-order valence-electron chi connectivity index (χ0n) is 15.0. The molecule has 0 aliphatic carbocycles. The first-order chi connectivity index (χ1) is 12.7. The SMILES string of the molecule is S=C(Nc1ccccc1Cl)N(CCC[NH+]1CCCCC1)Cc1ccco1. The molecule has 1 aromatic carbocycles. The van der Waals surface area contributed by atoms with Gasteiger partial charge in [0.25, 0.3) is 0 Å². The van der Waals surface area contributed by atoms with E-state index in [-0.39, 0.29) is 0 Å². The Hall–Kier alpha value is -1.56. The van der Waals surface area contributed by atoms with Crippen molar-refractivity contribution in [3.05, 3.63) is 53.4 Å². The molecule has 2 heterocycles. The first-order valence-corrected chi connectivity index (χ1v) is 10.2. The molecule has 3 rings (SSSR count). The molecule has 0 unspecified atom stereocenters. The molecule has 6 heteroatoms. The number of furan rings is 1. The Morgan fingerprint density at radius 3 is 2.69 bits per heavy atom. The van der Waals surface area contributed by atoms with Crippen LogP contribution in [0, 0.1) is 0 Å². The topological polar surface area (TPSA) is 32.9 Å². The summed E-state index contributed by atoms with van der Waals surface area (Å²) in [5, 5.41) is 4.64. The number of thiocarbonyl (C=S) groups is 1. The fourth-order valence-electron chi connectivity index (χ4n) is 3.42. The highest BCUT2D eigenvalue weighted by Gasteiger charge is 2.16. The molecule has 0 bridgehead atoms. The molecule has 0 saturated carbocycles. The fraction of sp³-hybridized carbons (Fsp3) is 0.450. The number of likely N-dealkylation sites (tertiary alicyclic amines) is 1. The maximum Gasteiger partial charge on any atom is 0.173 e. The van der Waals surface area contributed by atoms with Crippen LogP contribution in [0.25, 0.3) is 0 Å². The van der Waals surface area contributed by atoms with Gasteiger partial charge in [-0.05, 0) is 55.7 Å². The van der Waals surface area contributed by atoms with E-state index in [1.165, 1.54) is 38.9 Å². The van der Waals surface area contributed by atoms with Gasteiger partial charge in [-0.1, -0.05) is 23.7 Å². The third kappa shape index (κ3) is 5.73. The second kappa shape index (κ2) is 9.95. The van der Waals surface area contributed by atoms with Crippen LogP contribution in [-0.4, -0.2) is 36.2 Å². The highest BCUT2D eigenvalue weighted by Crippen LogP contribution is 2.21. The lowest BCUT2D eigenvalue weighted by Crippen LogP contribution is -3.12. The standard InChI is InChI=1S/C20H26ClN3OS/c21-18-9-2-3-10-19(18)22-20(26)24(16-17-8-6-15-25-17)14-7-13-23-11-4-1-5-12-23/h2-3,6,8-10,15H,1,4-5,7,11-14,16H2,(H,22,26)/p+1. The minimum atomic E-state index is 0.665. The average molecular weight is 393 g/mol. The molecule has 1 aliphatic rings. The van der Waals surface area contributed by atoms with Gasteiger partial charge in [0.05, 0.1) is 43.2 Å². The van der Waals surface area contributed by atoms with Crippen molar-refractivity contribution in [1.82, 2.24) is 4.90 Å². The quantitative estimate of drug-likeness (QED) is 0.705. The van der Waals surface area contributed by atoms with E-state index < -0.39 is 0 Å². The second-order valence-electron chi connectivity index (χ2n) is 6.83. The summed E-state index contributed by atoms with van der Waals surface area (Å²) < 4.78 is 5.52. The van der Waals surface area contributed by atoms with Gasteiger partial charge in [0.2, 0.25) is 0 Å². The van der Waals surface area contributed by atoms with Gasteiger partial charge in [-0.3, -0.25) is 0 Å². The van der Waals surface area contributed by atoms with Crippen LogP contribution in [0.4, 0.5) is 5.69 Å². The number of nitrogens with zero attached hydrogens (tertiary/aromatic N) is 1. The van der Waals surface area contributed by atoms with Crippen LogP contribution in [0.15, 0.2) is 47.1 Å². The Labute approximate surface area is 166 Å². The Bertz CT molecular complexity index is 686. The summed E-state index contributed by atoms with van der Waals surface area (Å²) in [6.45, 7) is 5.38. The summed E-state index contributed by atoms with van der Waals surface area (Å²) >= 11 is 11.9. The van der Waals surface area contributed by atoms with E-state index in [1.54, 1.807) is 11.2 Å². The first kappa shape index (κ1) is 19.2. The van der Waals surface area contributed by atoms with Crippen molar-refractivity contribution in [2.75, 3.05) is 31.5 Å². The van der Waals surface area contributed by atoms with E-state index in [0.717, 1.165) is 24.4 Å². The van der Waals surface area contributed by atoms with Gasteiger partial charge >= 0.3 is 0 Å². The van der Waals surface area contributed by atoms with Crippen LogP contribution in [0.1, 0.15) is 31.4 Å². The van der Waals surface area contributed by atoms with Crippen LogP contribution in [0.2, 0.25) is 5.02 Å². The average Bonchev–Trinajstić information content (AvgIpc) is 3.17. The van der Waals surface area contributed by atoms with Crippen molar-refractivity contribution in [2.24, 2.45) is 0 Å². The van der Waals surface area contributed by atoms with Gasteiger partial charge in [0.1, 0.15) is 5.76 Å². The van der Waals surface area contributed by atoms with E-state index in [9.17, 15) is 0 Å².